The smallest absolute Gasteiger partial charge is 0.251 e. The fourth-order valence-electron chi connectivity index (χ4n) is 4.11. The van der Waals surface area contributed by atoms with Gasteiger partial charge in [0.1, 0.15) is 18.7 Å². The highest BCUT2D eigenvalue weighted by Gasteiger charge is 2.47. The number of benzene rings is 1. The van der Waals surface area contributed by atoms with Crippen LogP contribution in [0.15, 0.2) is 30.9 Å². The molecular formula is C17H19ClN4O. The summed E-state index contributed by atoms with van der Waals surface area (Å²) in [6, 6.07) is 5.61. The van der Waals surface area contributed by atoms with Gasteiger partial charge in [0.2, 0.25) is 0 Å². The zero-order valence-electron chi connectivity index (χ0n) is 13.1. The van der Waals surface area contributed by atoms with Crippen LogP contribution in [0.4, 0.5) is 5.69 Å². The van der Waals surface area contributed by atoms with Crippen LogP contribution in [0.1, 0.15) is 44.2 Å². The molecule has 23 heavy (non-hydrogen) atoms. The first kappa shape index (κ1) is 14.7. The molecule has 0 saturated heterocycles. The molecule has 1 saturated carbocycles. The topological polar surface area (TPSA) is 51.0 Å². The van der Waals surface area contributed by atoms with Crippen molar-refractivity contribution >= 4 is 23.2 Å². The van der Waals surface area contributed by atoms with Crippen molar-refractivity contribution in [2.75, 3.05) is 11.4 Å². The molecule has 4 rings (SSSR count). The van der Waals surface area contributed by atoms with Crippen molar-refractivity contribution in [2.24, 2.45) is 0 Å². The first-order valence-corrected chi connectivity index (χ1v) is 8.45. The third-order valence-electron chi connectivity index (χ3n) is 5.31. The quantitative estimate of drug-likeness (QED) is 0.848. The number of carbonyl (C=O) groups is 1. The van der Waals surface area contributed by atoms with Crippen molar-refractivity contribution in [1.29, 1.82) is 0 Å². The van der Waals surface area contributed by atoms with Gasteiger partial charge in [-0.15, -0.1) is 0 Å². The molecule has 0 N–H and O–H groups in total. The third-order valence-corrected chi connectivity index (χ3v) is 5.61. The molecule has 1 aromatic carbocycles. The molecule has 1 spiro atoms. The molecule has 1 amide bonds. The van der Waals surface area contributed by atoms with Crippen molar-refractivity contribution in [3.63, 3.8) is 0 Å². The van der Waals surface area contributed by atoms with E-state index in [9.17, 15) is 4.79 Å². The van der Waals surface area contributed by atoms with Crippen molar-refractivity contribution in [1.82, 2.24) is 14.8 Å². The van der Waals surface area contributed by atoms with E-state index in [1.807, 2.05) is 24.0 Å². The lowest BCUT2D eigenvalue weighted by Crippen LogP contribution is -2.39. The Morgan fingerprint density at radius 3 is 2.83 bits per heavy atom. The molecule has 6 heteroatoms. The Morgan fingerprint density at radius 2 is 2.13 bits per heavy atom. The van der Waals surface area contributed by atoms with Gasteiger partial charge >= 0.3 is 0 Å². The Bertz CT molecular complexity index is 737. The predicted octanol–water partition coefficient (Wildman–Crippen LogP) is 3.35. The van der Waals surface area contributed by atoms with E-state index in [0.29, 0.717) is 5.02 Å². The van der Waals surface area contributed by atoms with Crippen LogP contribution in [0.3, 0.4) is 0 Å². The van der Waals surface area contributed by atoms with Gasteiger partial charge in [0, 0.05) is 12.0 Å². The van der Waals surface area contributed by atoms with E-state index in [2.05, 4.69) is 16.1 Å². The zero-order valence-corrected chi connectivity index (χ0v) is 13.8. The minimum Gasteiger partial charge on any atom is -0.308 e. The molecule has 0 bridgehead atoms. The second kappa shape index (κ2) is 5.34. The summed E-state index contributed by atoms with van der Waals surface area (Å²) in [6.07, 6.45) is 7.72. The summed E-state index contributed by atoms with van der Waals surface area (Å²) in [5, 5.41) is 4.76. The van der Waals surface area contributed by atoms with E-state index in [1.165, 1.54) is 24.7 Å². The fraction of sp³-hybridized carbons (Fsp3) is 0.471. The maximum atomic E-state index is 13.1. The van der Waals surface area contributed by atoms with Crippen molar-refractivity contribution in [3.05, 3.63) is 41.4 Å². The Labute approximate surface area is 140 Å². The molecule has 1 unspecified atom stereocenters. The number of para-hydroxylation sites is 1. The average molecular weight is 331 g/mol. The predicted molar refractivity (Wildman–Crippen MR) is 88.7 cm³/mol. The summed E-state index contributed by atoms with van der Waals surface area (Å²) in [7, 11) is 0. The lowest BCUT2D eigenvalue weighted by molar-refractivity contribution is -0.121. The lowest BCUT2D eigenvalue weighted by Gasteiger charge is -2.26. The summed E-state index contributed by atoms with van der Waals surface area (Å²) in [4.78, 5) is 18.9. The van der Waals surface area contributed by atoms with E-state index in [4.69, 9.17) is 11.6 Å². The van der Waals surface area contributed by atoms with Gasteiger partial charge in [-0.3, -0.25) is 4.79 Å². The maximum Gasteiger partial charge on any atom is 0.251 e. The van der Waals surface area contributed by atoms with Crippen LogP contribution in [0, 0.1) is 0 Å². The Hall–Kier alpha value is -1.88. The molecule has 1 fully saturated rings. The van der Waals surface area contributed by atoms with E-state index in [1.54, 1.807) is 11.0 Å². The normalized spacial score (nSPS) is 20.0. The minimum atomic E-state index is -0.391. The summed E-state index contributed by atoms with van der Waals surface area (Å²) in [5.41, 5.74) is 2.22. The summed E-state index contributed by atoms with van der Waals surface area (Å²) < 4.78 is 1.60. The van der Waals surface area contributed by atoms with Crippen LogP contribution in [0.25, 0.3) is 0 Å². The van der Waals surface area contributed by atoms with Crippen LogP contribution in [0.2, 0.25) is 5.02 Å². The Balaban J connectivity index is 1.75. The number of halogens is 1. The van der Waals surface area contributed by atoms with Crippen LogP contribution in [-0.2, 0) is 10.2 Å². The highest BCUT2D eigenvalue weighted by molar-refractivity contribution is 6.34. The largest absolute Gasteiger partial charge is 0.308 e. The summed E-state index contributed by atoms with van der Waals surface area (Å²) in [5.74, 6) is 0.0219. The number of carbonyl (C=O) groups excluding carboxylic acids is 1. The number of nitrogens with zero attached hydrogens (tertiary/aromatic N) is 4. The van der Waals surface area contributed by atoms with Crippen molar-refractivity contribution in [3.8, 4) is 0 Å². The van der Waals surface area contributed by atoms with Crippen LogP contribution >= 0.6 is 11.6 Å². The first-order chi connectivity index (χ1) is 11.1. The van der Waals surface area contributed by atoms with Gasteiger partial charge < -0.3 is 4.90 Å². The molecule has 2 aromatic rings. The fourth-order valence-corrected chi connectivity index (χ4v) is 4.38. The van der Waals surface area contributed by atoms with Crippen molar-refractivity contribution in [2.45, 2.75) is 44.1 Å². The second-order valence-corrected chi connectivity index (χ2v) is 7.01. The van der Waals surface area contributed by atoms with Gasteiger partial charge in [0.05, 0.1) is 10.7 Å². The van der Waals surface area contributed by atoms with Gasteiger partial charge in [-0.25, -0.2) is 9.67 Å². The van der Waals surface area contributed by atoms with E-state index >= 15 is 0 Å². The van der Waals surface area contributed by atoms with Gasteiger partial charge in [0.25, 0.3) is 5.91 Å². The molecule has 5 nitrogen and oxygen atoms in total. The molecule has 2 heterocycles. The minimum absolute atomic E-state index is 0.0219. The van der Waals surface area contributed by atoms with Gasteiger partial charge in [0.15, 0.2) is 0 Å². The Kier molecular flexibility index (Phi) is 3.41. The van der Waals surface area contributed by atoms with Crippen LogP contribution in [0.5, 0.6) is 0 Å². The zero-order chi connectivity index (χ0) is 16.0. The van der Waals surface area contributed by atoms with Crippen LogP contribution in [-0.4, -0.2) is 27.2 Å². The molecule has 2 aliphatic rings. The third kappa shape index (κ3) is 2.17. The lowest BCUT2D eigenvalue weighted by atomic mass is 9.81. The SMILES string of the molecule is CC(C(=O)N1CC2(CCCC2)c2cccc(Cl)c21)n1cncn1. The van der Waals surface area contributed by atoms with Gasteiger partial charge in [-0.05, 0) is 31.4 Å². The number of fused-ring (bicyclic) bond motifs is 2. The highest BCUT2D eigenvalue weighted by atomic mass is 35.5. The average Bonchev–Trinajstić information content (AvgIpc) is 3.28. The number of anilines is 1. The molecule has 1 atom stereocenters. The van der Waals surface area contributed by atoms with E-state index in [-0.39, 0.29) is 11.3 Å². The van der Waals surface area contributed by atoms with Crippen LogP contribution < -0.4 is 4.90 Å². The molecule has 0 radical (unpaired) electrons. The first-order valence-electron chi connectivity index (χ1n) is 8.07. The number of rotatable bonds is 2. The number of hydrogen-bond donors (Lipinski definition) is 0. The number of aromatic nitrogens is 3. The van der Waals surface area contributed by atoms with E-state index in [0.717, 1.165) is 25.1 Å². The summed E-state index contributed by atoms with van der Waals surface area (Å²) >= 11 is 6.47. The van der Waals surface area contributed by atoms with Gasteiger partial charge in [-0.1, -0.05) is 36.6 Å². The number of hydrogen-bond acceptors (Lipinski definition) is 3. The maximum absolute atomic E-state index is 13.1. The Morgan fingerprint density at radius 1 is 1.35 bits per heavy atom. The number of amides is 1. The molecule has 1 aliphatic heterocycles. The molecule has 1 aromatic heterocycles. The summed E-state index contributed by atoms with van der Waals surface area (Å²) in [6.45, 7) is 2.58. The standard InChI is InChI=1S/C17H19ClN4O/c1-12(22-11-19-10-20-22)16(23)21-9-17(7-2-3-8-17)13-5-4-6-14(18)15(13)21/h4-6,10-12H,2-3,7-9H2,1H3. The van der Waals surface area contributed by atoms with E-state index < -0.39 is 6.04 Å². The highest BCUT2D eigenvalue weighted by Crippen LogP contribution is 2.52. The monoisotopic (exact) mass is 330 g/mol. The molecular weight excluding hydrogens is 312 g/mol. The second-order valence-electron chi connectivity index (χ2n) is 6.60. The molecule has 120 valence electrons. The molecule has 1 aliphatic carbocycles. The van der Waals surface area contributed by atoms with Crippen molar-refractivity contribution < 1.29 is 4.79 Å². The van der Waals surface area contributed by atoms with Gasteiger partial charge in [-0.2, -0.15) is 5.10 Å².